The molecule has 1 aliphatic heterocycles. The third-order valence-corrected chi connectivity index (χ3v) is 2.48. The second-order valence-electron chi connectivity index (χ2n) is 3.42. The molecule has 7 nitrogen and oxygen atoms in total. The van der Waals surface area contributed by atoms with Gasteiger partial charge in [-0.2, -0.15) is 5.26 Å². The lowest BCUT2D eigenvalue weighted by atomic mass is 10.2. The number of amides is 1. The van der Waals surface area contributed by atoms with Gasteiger partial charge < -0.3 is 15.2 Å². The molecule has 0 unspecified atom stereocenters. The number of β-amino-alcohol motifs (C(OH)–C–C–N with tert-alkyl or cyclic N) is 1. The van der Waals surface area contributed by atoms with Crippen molar-refractivity contribution in [3.63, 3.8) is 0 Å². The van der Waals surface area contributed by atoms with E-state index in [2.05, 4.69) is 5.16 Å². The van der Waals surface area contributed by atoms with Gasteiger partial charge in [-0.25, -0.2) is 0 Å². The molecule has 1 fully saturated rings. The summed E-state index contributed by atoms with van der Waals surface area (Å²) in [5.41, 5.74) is -0.490. The van der Waals surface area contributed by atoms with E-state index in [0.29, 0.717) is 32.7 Å². The van der Waals surface area contributed by atoms with Crippen LogP contribution < -0.4 is 0 Å². The molecule has 16 heavy (non-hydrogen) atoms. The number of carbonyl (C=O) groups excluding carboxylic acids is 1. The quantitative estimate of drug-likeness (QED) is 0.346. The molecule has 0 bridgehead atoms. The van der Waals surface area contributed by atoms with Gasteiger partial charge in [0.1, 0.15) is 6.07 Å². The average molecular weight is 226 g/mol. The lowest BCUT2D eigenvalue weighted by molar-refractivity contribution is -0.125. The number of hydrogen-bond donors (Lipinski definition) is 2. The number of piperazine rings is 1. The van der Waals surface area contributed by atoms with E-state index in [4.69, 9.17) is 15.6 Å². The van der Waals surface area contributed by atoms with Crippen molar-refractivity contribution in [3.05, 3.63) is 0 Å². The molecule has 1 saturated heterocycles. The van der Waals surface area contributed by atoms with Gasteiger partial charge in [-0.3, -0.25) is 9.69 Å². The van der Waals surface area contributed by atoms with E-state index in [1.807, 2.05) is 4.90 Å². The Morgan fingerprint density at radius 3 is 2.44 bits per heavy atom. The topological polar surface area (TPSA) is 100 Å². The fourth-order valence-electron chi connectivity index (χ4n) is 1.58. The highest BCUT2D eigenvalue weighted by atomic mass is 16.4. The lowest BCUT2D eigenvalue weighted by Crippen LogP contribution is -2.50. The minimum absolute atomic E-state index is 0.0927. The van der Waals surface area contributed by atoms with Crippen molar-refractivity contribution in [2.24, 2.45) is 5.16 Å². The maximum atomic E-state index is 11.6. The summed E-state index contributed by atoms with van der Waals surface area (Å²) >= 11 is 0. The largest absolute Gasteiger partial charge is 0.410 e. The first-order chi connectivity index (χ1) is 7.72. The second-order valence-corrected chi connectivity index (χ2v) is 3.42. The zero-order valence-corrected chi connectivity index (χ0v) is 8.83. The Kier molecular flexibility index (Phi) is 4.69. The van der Waals surface area contributed by atoms with E-state index >= 15 is 0 Å². The van der Waals surface area contributed by atoms with E-state index in [9.17, 15) is 4.79 Å². The third-order valence-electron chi connectivity index (χ3n) is 2.48. The van der Waals surface area contributed by atoms with Crippen molar-refractivity contribution in [1.29, 1.82) is 5.26 Å². The Balaban J connectivity index is 2.48. The third kappa shape index (κ3) is 2.92. The molecule has 0 radical (unpaired) electrons. The normalized spacial score (nSPS) is 18.2. The molecule has 0 aromatic heterocycles. The summed E-state index contributed by atoms with van der Waals surface area (Å²) in [6.45, 7) is 2.92. The Hall–Kier alpha value is -1.65. The Bertz CT molecular complexity index is 315. The number of aliphatic hydroxyl groups excluding tert-OH is 1. The fraction of sp³-hybridized carbons (Fsp3) is 0.667. The van der Waals surface area contributed by atoms with E-state index in [1.165, 1.54) is 4.90 Å². The maximum Gasteiger partial charge on any atom is 0.286 e. The molecule has 0 aromatic carbocycles. The van der Waals surface area contributed by atoms with Crippen molar-refractivity contribution >= 4 is 11.6 Å². The van der Waals surface area contributed by atoms with Gasteiger partial charge in [0, 0.05) is 32.7 Å². The maximum absolute atomic E-state index is 11.6. The first-order valence-corrected chi connectivity index (χ1v) is 4.97. The highest BCUT2D eigenvalue weighted by Gasteiger charge is 2.24. The van der Waals surface area contributed by atoms with Crippen LogP contribution in [0.5, 0.6) is 0 Å². The first-order valence-electron chi connectivity index (χ1n) is 4.97. The summed E-state index contributed by atoms with van der Waals surface area (Å²) in [4.78, 5) is 15.1. The zero-order valence-electron chi connectivity index (χ0n) is 8.83. The van der Waals surface area contributed by atoms with Gasteiger partial charge >= 0.3 is 0 Å². The van der Waals surface area contributed by atoms with Gasteiger partial charge in [0.15, 0.2) is 0 Å². The Morgan fingerprint density at radius 2 is 2.00 bits per heavy atom. The second kappa shape index (κ2) is 6.05. The highest BCUT2D eigenvalue weighted by molar-refractivity contribution is 6.44. The molecule has 1 heterocycles. The summed E-state index contributed by atoms with van der Waals surface area (Å²) in [6, 6.07) is 1.54. The molecule has 1 rings (SSSR count). The van der Waals surface area contributed by atoms with Crippen LogP contribution in [0, 0.1) is 11.3 Å². The SMILES string of the molecule is N#C/C(=N/O)C(=O)N1CCN(CCO)CC1. The van der Waals surface area contributed by atoms with Crippen LogP contribution in [0.25, 0.3) is 0 Å². The van der Waals surface area contributed by atoms with Crippen molar-refractivity contribution in [2.45, 2.75) is 0 Å². The fourth-order valence-corrected chi connectivity index (χ4v) is 1.58. The smallest absolute Gasteiger partial charge is 0.286 e. The predicted molar refractivity (Wildman–Crippen MR) is 54.9 cm³/mol. The van der Waals surface area contributed by atoms with Gasteiger partial charge in [-0.05, 0) is 0 Å². The summed E-state index contributed by atoms with van der Waals surface area (Å²) in [6.07, 6.45) is 0. The van der Waals surface area contributed by atoms with Crippen LogP contribution >= 0.6 is 0 Å². The number of nitriles is 1. The minimum Gasteiger partial charge on any atom is -0.410 e. The number of hydrogen-bond acceptors (Lipinski definition) is 6. The minimum atomic E-state index is -0.548. The molecule has 0 saturated carbocycles. The summed E-state index contributed by atoms with van der Waals surface area (Å²) in [5.74, 6) is -0.548. The Morgan fingerprint density at radius 1 is 1.38 bits per heavy atom. The molecular weight excluding hydrogens is 212 g/mol. The van der Waals surface area contributed by atoms with Gasteiger partial charge in [0.25, 0.3) is 5.91 Å². The van der Waals surface area contributed by atoms with E-state index in [1.54, 1.807) is 6.07 Å². The van der Waals surface area contributed by atoms with Gasteiger partial charge in [-0.15, -0.1) is 0 Å². The van der Waals surface area contributed by atoms with Crippen LogP contribution in [0.2, 0.25) is 0 Å². The molecule has 0 spiro atoms. The monoisotopic (exact) mass is 226 g/mol. The highest BCUT2D eigenvalue weighted by Crippen LogP contribution is 2.02. The molecular formula is C9H14N4O3. The van der Waals surface area contributed by atoms with Crippen LogP contribution in [0.15, 0.2) is 5.16 Å². The van der Waals surface area contributed by atoms with Crippen LogP contribution in [0.3, 0.4) is 0 Å². The number of oxime groups is 1. The first kappa shape index (κ1) is 12.4. The number of aliphatic hydroxyl groups is 1. The standard InChI is InChI=1S/C9H14N4O3/c10-7-8(11-16)9(15)13-3-1-12(2-4-13)5-6-14/h14,16H,1-6H2/b11-8-. The number of carbonyl (C=O) groups is 1. The van der Waals surface area contributed by atoms with Crippen molar-refractivity contribution < 1.29 is 15.1 Å². The van der Waals surface area contributed by atoms with Gasteiger partial charge in [0.2, 0.25) is 5.71 Å². The van der Waals surface area contributed by atoms with Crippen LogP contribution in [0.4, 0.5) is 0 Å². The molecule has 7 heteroatoms. The van der Waals surface area contributed by atoms with Crippen molar-refractivity contribution in [1.82, 2.24) is 9.80 Å². The summed E-state index contributed by atoms with van der Waals surface area (Å²) in [7, 11) is 0. The molecule has 2 N–H and O–H groups in total. The molecule has 0 atom stereocenters. The van der Waals surface area contributed by atoms with Gasteiger partial charge in [-0.1, -0.05) is 5.16 Å². The lowest BCUT2D eigenvalue weighted by Gasteiger charge is -2.33. The molecule has 0 aliphatic carbocycles. The van der Waals surface area contributed by atoms with Crippen molar-refractivity contribution in [3.8, 4) is 6.07 Å². The van der Waals surface area contributed by atoms with Crippen LogP contribution in [-0.2, 0) is 4.79 Å². The van der Waals surface area contributed by atoms with Crippen LogP contribution in [-0.4, -0.2) is 71.1 Å². The van der Waals surface area contributed by atoms with Crippen molar-refractivity contribution in [2.75, 3.05) is 39.3 Å². The molecule has 0 aromatic rings. The number of rotatable bonds is 3. The van der Waals surface area contributed by atoms with E-state index < -0.39 is 11.6 Å². The Labute approximate surface area is 93.2 Å². The van der Waals surface area contributed by atoms with Crippen LogP contribution in [0.1, 0.15) is 0 Å². The van der Waals surface area contributed by atoms with Gasteiger partial charge in [0.05, 0.1) is 6.61 Å². The van der Waals surface area contributed by atoms with E-state index in [0.717, 1.165) is 0 Å². The molecule has 1 amide bonds. The zero-order chi connectivity index (χ0) is 12.0. The number of nitrogens with zero attached hydrogens (tertiary/aromatic N) is 4. The summed E-state index contributed by atoms with van der Waals surface area (Å²) in [5, 5.41) is 28.4. The van der Waals surface area contributed by atoms with E-state index in [-0.39, 0.29) is 6.61 Å². The molecule has 88 valence electrons. The predicted octanol–water partition coefficient (Wildman–Crippen LogP) is -1.52. The summed E-state index contributed by atoms with van der Waals surface area (Å²) < 4.78 is 0. The average Bonchev–Trinajstić information content (AvgIpc) is 2.32. The molecule has 1 aliphatic rings.